The summed E-state index contributed by atoms with van der Waals surface area (Å²) in [6, 6.07) is 16.8. The fraction of sp³-hybridized carbons (Fsp3) is 0.400. The summed E-state index contributed by atoms with van der Waals surface area (Å²) in [6.07, 6.45) is 5.45. The molecule has 0 bridgehead atoms. The maximum atomic E-state index is 13.1. The highest BCUT2D eigenvalue weighted by Gasteiger charge is 2.33. The molecule has 1 atom stereocenters. The molecule has 0 saturated carbocycles. The Bertz CT molecular complexity index is 1050. The molecule has 32 heavy (non-hydrogen) atoms. The highest BCUT2D eigenvalue weighted by molar-refractivity contribution is 6.30. The Kier molecular flexibility index (Phi) is 6.23. The molecule has 0 spiro atoms. The first-order chi connectivity index (χ1) is 15.7. The van der Waals surface area contributed by atoms with E-state index in [1.165, 1.54) is 22.9 Å². The first kappa shape index (κ1) is 21.2. The Labute approximate surface area is 193 Å². The summed E-state index contributed by atoms with van der Waals surface area (Å²) < 4.78 is 5.07. The van der Waals surface area contributed by atoms with Crippen LogP contribution in [0.15, 0.2) is 59.3 Å². The first-order valence-electron chi connectivity index (χ1n) is 11.3. The van der Waals surface area contributed by atoms with E-state index in [-0.39, 0.29) is 17.7 Å². The number of hydrogen-bond acceptors (Lipinski definition) is 5. The normalized spacial score (nSPS) is 19.7. The van der Waals surface area contributed by atoms with Crippen LogP contribution in [0.2, 0.25) is 5.02 Å². The number of carbonyl (C=O) groups excluding carboxylic acids is 1. The van der Waals surface area contributed by atoms with E-state index in [1.807, 2.05) is 17.0 Å². The Morgan fingerprint density at radius 2 is 1.84 bits per heavy atom. The van der Waals surface area contributed by atoms with Gasteiger partial charge in [0.2, 0.25) is 5.76 Å². The topological polar surface area (TPSA) is 62.5 Å². The van der Waals surface area contributed by atoms with Crippen molar-refractivity contribution in [3.8, 4) is 0 Å². The molecule has 166 valence electrons. The third-order valence-corrected chi connectivity index (χ3v) is 7.15. The van der Waals surface area contributed by atoms with Gasteiger partial charge in [-0.05, 0) is 73.5 Å². The van der Waals surface area contributed by atoms with Crippen molar-refractivity contribution in [2.75, 3.05) is 26.2 Å². The van der Waals surface area contributed by atoms with E-state index in [9.17, 15) is 4.79 Å². The van der Waals surface area contributed by atoms with Gasteiger partial charge in [0.1, 0.15) is 6.20 Å². The zero-order chi connectivity index (χ0) is 21.9. The molecule has 2 aromatic carbocycles. The number of fused-ring (bicyclic) bond motifs is 1. The predicted octanol–water partition coefficient (Wildman–Crippen LogP) is 4.73. The largest absolute Gasteiger partial charge is 0.332 e. The quantitative estimate of drug-likeness (QED) is 0.562. The fourth-order valence-electron chi connectivity index (χ4n) is 5.14. The lowest BCUT2D eigenvalue weighted by molar-refractivity contribution is 0.0588. The number of benzene rings is 2. The number of rotatable bonds is 5. The summed E-state index contributed by atoms with van der Waals surface area (Å²) in [6.45, 7) is 3.79. The lowest BCUT2D eigenvalue weighted by atomic mass is 9.88. The molecule has 0 aliphatic carbocycles. The van der Waals surface area contributed by atoms with Gasteiger partial charge in [0, 0.05) is 23.4 Å². The van der Waals surface area contributed by atoms with Gasteiger partial charge in [-0.2, -0.15) is 0 Å². The summed E-state index contributed by atoms with van der Waals surface area (Å²) in [5.74, 6) is 0.671. The van der Waals surface area contributed by atoms with Crippen LogP contribution in [0.3, 0.4) is 0 Å². The lowest BCUT2D eigenvalue weighted by Crippen LogP contribution is -2.42. The number of amides is 1. The van der Waals surface area contributed by atoms with Crippen LogP contribution >= 0.6 is 11.6 Å². The number of nitrogens with zero attached hydrogens (tertiary/aromatic N) is 4. The van der Waals surface area contributed by atoms with Crippen LogP contribution in [0.1, 0.15) is 58.5 Å². The first-order valence-corrected chi connectivity index (χ1v) is 11.7. The summed E-state index contributed by atoms with van der Waals surface area (Å²) in [4.78, 5) is 17.6. The van der Waals surface area contributed by atoms with Crippen LogP contribution in [-0.2, 0) is 6.42 Å². The zero-order valence-corrected chi connectivity index (χ0v) is 18.7. The van der Waals surface area contributed by atoms with Gasteiger partial charge >= 0.3 is 0 Å². The van der Waals surface area contributed by atoms with E-state index < -0.39 is 0 Å². The second kappa shape index (κ2) is 9.43. The summed E-state index contributed by atoms with van der Waals surface area (Å²) in [5, 5.41) is 7.95. The number of likely N-dealkylation sites (tertiary alicyclic amines) is 1. The van der Waals surface area contributed by atoms with E-state index in [1.54, 1.807) is 0 Å². The monoisotopic (exact) mass is 450 g/mol. The third kappa shape index (κ3) is 4.43. The van der Waals surface area contributed by atoms with E-state index >= 15 is 0 Å². The van der Waals surface area contributed by atoms with Crippen molar-refractivity contribution in [3.63, 3.8) is 0 Å². The molecule has 2 aliphatic rings. The SMILES string of the molecule is O=C(c1cnno1)N1CCc2ccccc2C1CCN1CCC(c2ccc(Cl)cc2)CC1. The molecular weight excluding hydrogens is 424 g/mol. The highest BCUT2D eigenvalue weighted by Crippen LogP contribution is 2.34. The molecule has 1 unspecified atom stereocenters. The van der Waals surface area contributed by atoms with Gasteiger partial charge in [-0.15, -0.1) is 5.10 Å². The van der Waals surface area contributed by atoms with Crippen LogP contribution in [0.4, 0.5) is 0 Å². The van der Waals surface area contributed by atoms with Crippen molar-refractivity contribution in [2.45, 2.75) is 37.6 Å². The Morgan fingerprint density at radius 1 is 1.06 bits per heavy atom. The highest BCUT2D eigenvalue weighted by atomic mass is 35.5. The second-order valence-electron chi connectivity index (χ2n) is 8.70. The van der Waals surface area contributed by atoms with Crippen molar-refractivity contribution >= 4 is 17.5 Å². The average molecular weight is 451 g/mol. The van der Waals surface area contributed by atoms with Crippen LogP contribution in [0.25, 0.3) is 0 Å². The van der Waals surface area contributed by atoms with Gasteiger partial charge in [0.15, 0.2) is 0 Å². The standard InChI is InChI=1S/C25H27ClN4O2/c26-21-7-5-18(6-8-21)19-9-13-29(14-10-19)15-12-23-22-4-2-1-3-20(22)11-16-30(23)25(31)24-17-27-28-32-24/h1-8,17,19,23H,9-16H2. The maximum absolute atomic E-state index is 13.1. The molecule has 1 aromatic heterocycles. The summed E-state index contributed by atoms with van der Waals surface area (Å²) in [5.41, 5.74) is 3.96. The number of hydrogen-bond donors (Lipinski definition) is 0. The van der Waals surface area contributed by atoms with Crippen LogP contribution < -0.4 is 0 Å². The molecule has 1 amide bonds. The minimum Gasteiger partial charge on any atom is -0.332 e. The second-order valence-corrected chi connectivity index (χ2v) is 9.14. The molecule has 6 nitrogen and oxygen atoms in total. The molecule has 1 fully saturated rings. The minimum atomic E-state index is -0.129. The Balaban J connectivity index is 1.25. The Hall–Kier alpha value is -2.70. The smallest absolute Gasteiger partial charge is 0.294 e. The van der Waals surface area contributed by atoms with Crippen molar-refractivity contribution in [2.24, 2.45) is 0 Å². The van der Waals surface area contributed by atoms with Crippen molar-refractivity contribution in [1.82, 2.24) is 20.2 Å². The molecule has 0 radical (unpaired) electrons. The third-order valence-electron chi connectivity index (χ3n) is 6.89. The molecule has 5 rings (SSSR count). The van der Waals surface area contributed by atoms with Gasteiger partial charge in [-0.25, -0.2) is 0 Å². The van der Waals surface area contributed by atoms with Gasteiger partial charge in [-0.1, -0.05) is 48.0 Å². The molecule has 0 N–H and O–H groups in total. The number of halogens is 1. The van der Waals surface area contributed by atoms with E-state index in [2.05, 4.69) is 51.7 Å². The van der Waals surface area contributed by atoms with E-state index in [0.29, 0.717) is 12.5 Å². The van der Waals surface area contributed by atoms with Crippen molar-refractivity contribution in [3.05, 3.63) is 82.2 Å². The number of piperidine rings is 1. The molecular formula is C25H27ClN4O2. The Morgan fingerprint density at radius 3 is 2.59 bits per heavy atom. The van der Waals surface area contributed by atoms with Gasteiger partial charge in [0.25, 0.3) is 5.91 Å². The molecule has 1 saturated heterocycles. The maximum Gasteiger partial charge on any atom is 0.294 e. The van der Waals surface area contributed by atoms with Crippen LogP contribution in [0.5, 0.6) is 0 Å². The predicted molar refractivity (Wildman–Crippen MR) is 123 cm³/mol. The summed E-state index contributed by atoms with van der Waals surface area (Å²) in [7, 11) is 0. The lowest BCUT2D eigenvalue weighted by Gasteiger charge is -2.39. The van der Waals surface area contributed by atoms with E-state index in [0.717, 1.165) is 50.3 Å². The number of aromatic nitrogens is 2. The summed E-state index contributed by atoms with van der Waals surface area (Å²) >= 11 is 6.04. The van der Waals surface area contributed by atoms with Crippen molar-refractivity contribution in [1.29, 1.82) is 0 Å². The number of carbonyl (C=O) groups is 1. The molecule has 2 aliphatic heterocycles. The zero-order valence-electron chi connectivity index (χ0n) is 18.0. The van der Waals surface area contributed by atoms with Gasteiger partial charge in [-0.3, -0.25) is 4.79 Å². The van der Waals surface area contributed by atoms with Gasteiger partial charge < -0.3 is 14.3 Å². The molecule has 7 heteroatoms. The minimum absolute atomic E-state index is 0.0338. The van der Waals surface area contributed by atoms with E-state index in [4.69, 9.17) is 16.1 Å². The van der Waals surface area contributed by atoms with Crippen LogP contribution in [0, 0.1) is 0 Å². The van der Waals surface area contributed by atoms with Crippen molar-refractivity contribution < 1.29 is 9.32 Å². The average Bonchev–Trinajstić information content (AvgIpc) is 3.38. The van der Waals surface area contributed by atoms with Crippen LogP contribution in [-0.4, -0.2) is 52.3 Å². The van der Waals surface area contributed by atoms with Gasteiger partial charge in [0.05, 0.1) is 6.04 Å². The molecule has 3 aromatic rings. The molecule has 3 heterocycles. The fourth-order valence-corrected chi connectivity index (χ4v) is 5.26.